The molecule has 142 valence electrons. The second-order valence-corrected chi connectivity index (χ2v) is 7.51. The summed E-state index contributed by atoms with van der Waals surface area (Å²) in [4.78, 5) is 17.1. The minimum atomic E-state index is -0.322. The minimum absolute atomic E-state index is 0.196. The van der Waals surface area contributed by atoms with Crippen LogP contribution in [-0.2, 0) is 5.41 Å². The molecule has 1 aromatic heterocycles. The molecule has 6 nitrogen and oxygen atoms in total. The number of carbonyl (C=O) groups is 1. The molecule has 3 aromatic rings. The first-order valence-electron chi connectivity index (χ1n) is 8.37. The highest BCUT2D eigenvalue weighted by molar-refractivity contribution is 6.32. The van der Waals surface area contributed by atoms with Gasteiger partial charge in [-0.15, -0.1) is 0 Å². The number of rotatable bonds is 4. The third-order valence-electron chi connectivity index (χ3n) is 3.98. The number of benzene rings is 2. The Balaban J connectivity index is 1.89. The van der Waals surface area contributed by atoms with Gasteiger partial charge in [-0.1, -0.05) is 32.4 Å². The third kappa shape index (κ3) is 3.85. The Bertz CT molecular complexity index is 1010. The molecular weight excluding hydrogens is 368 g/mol. The van der Waals surface area contributed by atoms with E-state index in [1.807, 2.05) is 20.8 Å². The van der Waals surface area contributed by atoms with Gasteiger partial charge in [0, 0.05) is 16.7 Å². The molecule has 0 fully saturated rings. The molecule has 0 spiro atoms. The predicted octanol–water partition coefficient (Wildman–Crippen LogP) is 5.05. The van der Waals surface area contributed by atoms with Crippen molar-refractivity contribution < 1.29 is 18.7 Å². The molecule has 0 aliphatic rings. The number of hydrogen-bond donors (Lipinski definition) is 1. The second-order valence-electron chi connectivity index (χ2n) is 7.10. The topological polar surface area (TPSA) is 73.6 Å². The van der Waals surface area contributed by atoms with Gasteiger partial charge in [-0.3, -0.25) is 4.79 Å². The van der Waals surface area contributed by atoms with Crippen LogP contribution in [0.15, 0.2) is 34.7 Å². The number of anilines is 1. The molecule has 0 unspecified atom stereocenters. The van der Waals surface area contributed by atoms with Crippen molar-refractivity contribution in [2.75, 3.05) is 19.5 Å². The summed E-state index contributed by atoms with van der Waals surface area (Å²) in [5, 5.41) is 3.13. The summed E-state index contributed by atoms with van der Waals surface area (Å²) in [7, 11) is 2.98. The highest BCUT2D eigenvalue weighted by Crippen LogP contribution is 2.36. The first kappa shape index (κ1) is 19.0. The molecule has 0 saturated heterocycles. The monoisotopic (exact) mass is 388 g/mol. The van der Waals surface area contributed by atoms with Crippen LogP contribution >= 0.6 is 11.6 Å². The summed E-state index contributed by atoms with van der Waals surface area (Å²) in [5.74, 6) is 1.09. The number of hydrogen-bond acceptors (Lipinski definition) is 5. The number of carbonyl (C=O) groups excluding carboxylic acids is 1. The number of fused-ring (bicyclic) bond motifs is 1. The first-order chi connectivity index (χ1) is 12.7. The van der Waals surface area contributed by atoms with Crippen molar-refractivity contribution in [3.63, 3.8) is 0 Å². The van der Waals surface area contributed by atoms with Crippen molar-refractivity contribution in [2.24, 2.45) is 0 Å². The van der Waals surface area contributed by atoms with Gasteiger partial charge in [0.1, 0.15) is 5.52 Å². The van der Waals surface area contributed by atoms with Crippen LogP contribution < -0.4 is 14.8 Å². The number of halogens is 1. The highest BCUT2D eigenvalue weighted by Gasteiger charge is 2.21. The van der Waals surface area contributed by atoms with Crippen LogP contribution in [0.25, 0.3) is 11.1 Å². The highest BCUT2D eigenvalue weighted by atomic mass is 35.5. The molecule has 0 saturated carbocycles. The van der Waals surface area contributed by atoms with Crippen molar-refractivity contribution in [1.29, 1.82) is 0 Å². The summed E-state index contributed by atoms with van der Waals surface area (Å²) < 4.78 is 16.2. The van der Waals surface area contributed by atoms with E-state index in [0.717, 1.165) is 0 Å². The van der Waals surface area contributed by atoms with E-state index >= 15 is 0 Å². The third-order valence-corrected chi connectivity index (χ3v) is 4.26. The van der Waals surface area contributed by atoms with Gasteiger partial charge in [-0.2, -0.15) is 0 Å². The van der Waals surface area contributed by atoms with Crippen LogP contribution in [0.1, 0.15) is 37.0 Å². The van der Waals surface area contributed by atoms with Crippen molar-refractivity contribution in [1.82, 2.24) is 4.98 Å². The summed E-state index contributed by atoms with van der Waals surface area (Å²) in [5.41, 5.74) is 2.12. The zero-order valence-electron chi connectivity index (χ0n) is 15.8. The maximum Gasteiger partial charge on any atom is 0.255 e. The number of amides is 1. The molecule has 1 N–H and O–H groups in total. The maximum atomic E-state index is 12.6. The van der Waals surface area contributed by atoms with Gasteiger partial charge >= 0.3 is 0 Å². The lowest BCUT2D eigenvalue weighted by Crippen LogP contribution is -2.12. The molecule has 7 heteroatoms. The molecule has 1 heterocycles. The zero-order chi connectivity index (χ0) is 19.8. The Hall–Kier alpha value is -2.73. The molecule has 27 heavy (non-hydrogen) atoms. The Morgan fingerprint density at radius 1 is 1.15 bits per heavy atom. The van der Waals surface area contributed by atoms with E-state index in [1.54, 1.807) is 24.3 Å². The van der Waals surface area contributed by atoms with E-state index in [9.17, 15) is 4.79 Å². The van der Waals surface area contributed by atoms with Crippen molar-refractivity contribution in [3.8, 4) is 11.5 Å². The normalized spacial score (nSPS) is 11.5. The summed E-state index contributed by atoms with van der Waals surface area (Å²) in [6.07, 6.45) is 0. The molecule has 0 radical (unpaired) electrons. The molecule has 3 rings (SSSR count). The van der Waals surface area contributed by atoms with Gasteiger partial charge in [-0.25, -0.2) is 4.98 Å². The van der Waals surface area contributed by atoms with Crippen molar-refractivity contribution in [2.45, 2.75) is 26.2 Å². The van der Waals surface area contributed by atoms with E-state index in [4.69, 9.17) is 25.5 Å². The van der Waals surface area contributed by atoms with Gasteiger partial charge in [-0.05, 0) is 30.3 Å². The van der Waals surface area contributed by atoms with Crippen LogP contribution in [-0.4, -0.2) is 25.1 Å². The van der Waals surface area contributed by atoms with Crippen molar-refractivity contribution in [3.05, 3.63) is 46.8 Å². The fraction of sp³-hybridized carbons (Fsp3) is 0.300. The SMILES string of the molecule is COc1cc(C(=O)Nc2ccc3oc(C(C)(C)C)nc3c2)cc(Cl)c1OC. The van der Waals surface area contributed by atoms with E-state index in [2.05, 4.69) is 10.3 Å². The number of aromatic nitrogens is 1. The lowest BCUT2D eigenvalue weighted by atomic mass is 9.97. The standard InChI is InChI=1S/C20H21ClN2O4/c1-20(2,3)19-23-14-10-12(6-7-15(14)27-19)22-18(24)11-8-13(21)17(26-5)16(9-11)25-4/h6-10H,1-5H3,(H,22,24). The average Bonchev–Trinajstić information content (AvgIpc) is 3.04. The molecule has 2 aromatic carbocycles. The zero-order valence-corrected chi connectivity index (χ0v) is 16.6. The summed E-state index contributed by atoms with van der Waals surface area (Å²) in [6.45, 7) is 6.09. The predicted molar refractivity (Wildman–Crippen MR) is 105 cm³/mol. The van der Waals surface area contributed by atoms with Crippen molar-refractivity contribution >= 4 is 34.3 Å². The van der Waals surface area contributed by atoms with Gasteiger partial charge in [0.2, 0.25) is 5.89 Å². The molecule has 0 aliphatic heterocycles. The number of oxazole rings is 1. The number of nitrogens with zero attached hydrogens (tertiary/aromatic N) is 1. The van der Waals surface area contributed by atoms with Gasteiger partial charge in [0.15, 0.2) is 17.1 Å². The van der Waals surface area contributed by atoms with Crippen LogP contribution in [0.3, 0.4) is 0 Å². The number of methoxy groups -OCH3 is 2. The Morgan fingerprint density at radius 2 is 1.89 bits per heavy atom. The number of ether oxygens (including phenoxy) is 2. The maximum absolute atomic E-state index is 12.6. The lowest BCUT2D eigenvalue weighted by Gasteiger charge is -2.12. The van der Waals surface area contributed by atoms with Crippen LogP contribution in [0.2, 0.25) is 5.02 Å². The fourth-order valence-electron chi connectivity index (χ4n) is 2.58. The van der Waals surface area contributed by atoms with E-state index in [-0.39, 0.29) is 11.3 Å². The number of nitrogens with one attached hydrogen (secondary N) is 1. The van der Waals surface area contributed by atoms with Crippen LogP contribution in [0.4, 0.5) is 5.69 Å². The van der Waals surface area contributed by atoms with E-state index in [0.29, 0.717) is 44.8 Å². The summed E-state index contributed by atoms with van der Waals surface area (Å²) in [6, 6.07) is 8.43. The fourth-order valence-corrected chi connectivity index (χ4v) is 2.87. The second kappa shape index (κ2) is 7.12. The lowest BCUT2D eigenvalue weighted by molar-refractivity contribution is 0.102. The Labute approximate surface area is 162 Å². The molecule has 1 amide bonds. The van der Waals surface area contributed by atoms with Crippen LogP contribution in [0, 0.1) is 0 Å². The van der Waals surface area contributed by atoms with E-state index < -0.39 is 0 Å². The van der Waals surface area contributed by atoms with Gasteiger partial charge < -0.3 is 19.2 Å². The van der Waals surface area contributed by atoms with Gasteiger partial charge in [0.25, 0.3) is 5.91 Å². The first-order valence-corrected chi connectivity index (χ1v) is 8.74. The largest absolute Gasteiger partial charge is 0.493 e. The molecule has 0 aliphatic carbocycles. The van der Waals surface area contributed by atoms with Crippen LogP contribution in [0.5, 0.6) is 11.5 Å². The smallest absolute Gasteiger partial charge is 0.255 e. The quantitative estimate of drug-likeness (QED) is 0.677. The average molecular weight is 389 g/mol. The van der Waals surface area contributed by atoms with Gasteiger partial charge in [0.05, 0.1) is 19.2 Å². The molecule has 0 atom stereocenters. The molecule has 0 bridgehead atoms. The summed E-state index contributed by atoms with van der Waals surface area (Å²) >= 11 is 6.18. The molecular formula is C20H21ClN2O4. The minimum Gasteiger partial charge on any atom is -0.493 e. The Morgan fingerprint density at radius 3 is 2.52 bits per heavy atom. The van der Waals surface area contributed by atoms with E-state index in [1.165, 1.54) is 20.3 Å². The Kier molecular flexibility index (Phi) is 5.02.